The van der Waals surface area contributed by atoms with E-state index in [9.17, 15) is 13.2 Å². The smallest absolute Gasteiger partial charge is 0.270 e. The number of nitriles is 1. The highest BCUT2D eigenvalue weighted by Crippen LogP contribution is 2.18. The van der Waals surface area contributed by atoms with Gasteiger partial charge >= 0.3 is 0 Å². The first-order valence-corrected chi connectivity index (χ1v) is 8.95. The number of hydrogen-bond acceptors (Lipinski definition) is 5. The van der Waals surface area contributed by atoms with Crippen LogP contribution in [-0.4, -0.2) is 28.7 Å². The largest absolute Gasteiger partial charge is 0.331 e. The van der Waals surface area contributed by atoms with Crippen LogP contribution in [0.2, 0.25) is 0 Å². The zero-order valence-corrected chi connectivity index (χ0v) is 14.8. The quantitative estimate of drug-likeness (QED) is 0.403. The lowest BCUT2D eigenvalue weighted by molar-refractivity contribution is 0.482. The normalized spacial score (nSPS) is 13.2. The molecule has 0 bridgehead atoms. The molecule has 1 aromatic heterocycles. The van der Waals surface area contributed by atoms with Crippen LogP contribution in [0.25, 0.3) is 6.08 Å². The third kappa shape index (κ3) is 5.73. The Morgan fingerprint density at radius 1 is 1.33 bits per heavy atom. The van der Waals surface area contributed by atoms with Crippen LogP contribution in [0.3, 0.4) is 0 Å². The fourth-order valence-electron chi connectivity index (χ4n) is 2.00. The van der Waals surface area contributed by atoms with Crippen molar-refractivity contribution >= 4 is 28.4 Å². The van der Waals surface area contributed by atoms with E-state index in [1.807, 2.05) is 0 Å². The molecule has 0 unspecified atom stereocenters. The summed E-state index contributed by atoms with van der Waals surface area (Å²) < 4.78 is 30.8. The van der Waals surface area contributed by atoms with E-state index in [1.165, 1.54) is 6.08 Å². The molecule has 0 saturated heterocycles. The summed E-state index contributed by atoms with van der Waals surface area (Å²) in [5, 5.41) is 9.06. The SMILES string of the molecule is C/C=C(/C=C/c1[nH]c(=S)[nH]c(=O)c1C#N)C(=C/C)\CCS(=O)(=O)O. The van der Waals surface area contributed by atoms with Gasteiger partial charge in [0.1, 0.15) is 11.6 Å². The zero-order chi connectivity index (χ0) is 18.3. The van der Waals surface area contributed by atoms with Crippen molar-refractivity contribution in [2.24, 2.45) is 0 Å². The van der Waals surface area contributed by atoms with Gasteiger partial charge in [0.25, 0.3) is 15.7 Å². The van der Waals surface area contributed by atoms with E-state index in [1.54, 1.807) is 38.1 Å². The number of allylic oxidation sites excluding steroid dienone is 5. The van der Waals surface area contributed by atoms with Crippen molar-refractivity contribution in [2.75, 3.05) is 5.75 Å². The average Bonchev–Trinajstić information content (AvgIpc) is 2.49. The number of aromatic amines is 2. The second-order valence-electron chi connectivity index (χ2n) is 4.74. The molecule has 7 nitrogen and oxygen atoms in total. The number of hydrogen-bond donors (Lipinski definition) is 3. The Labute approximate surface area is 144 Å². The predicted octanol–water partition coefficient (Wildman–Crippen LogP) is 2.49. The maximum atomic E-state index is 11.7. The summed E-state index contributed by atoms with van der Waals surface area (Å²) in [6.45, 7) is 3.51. The molecule has 0 aliphatic carbocycles. The van der Waals surface area contributed by atoms with Crippen LogP contribution in [-0.2, 0) is 10.1 Å². The van der Waals surface area contributed by atoms with Crippen molar-refractivity contribution in [3.8, 4) is 6.07 Å². The van der Waals surface area contributed by atoms with E-state index in [2.05, 4.69) is 9.97 Å². The summed E-state index contributed by atoms with van der Waals surface area (Å²) in [7, 11) is -4.06. The van der Waals surface area contributed by atoms with Gasteiger partial charge in [-0.25, -0.2) is 0 Å². The lowest BCUT2D eigenvalue weighted by Crippen LogP contribution is -2.13. The Morgan fingerprint density at radius 2 is 2.00 bits per heavy atom. The molecule has 128 valence electrons. The first-order chi connectivity index (χ1) is 11.2. The maximum Gasteiger partial charge on any atom is 0.270 e. The Kier molecular flexibility index (Phi) is 7.03. The molecule has 1 heterocycles. The molecule has 0 spiro atoms. The fraction of sp³-hybridized carbons (Fsp3) is 0.267. The predicted molar refractivity (Wildman–Crippen MR) is 94.5 cm³/mol. The van der Waals surface area contributed by atoms with Gasteiger partial charge < -0.3 is 4.98 Å². The van der Waals surface area contributed by atoms with Crippen LogP contribution in [0.1, 0.15) is 31.5 Å². The minimum Gasteiger partial charge on any atom is -0.331 e. The van der Waals surface area contributed by atoms with E-state index < -0.39 is 21.4 Å². The average molecular weight is 367 g/mol. The summed E-state index contributed by atoms with van der Waals surface area (Å²) in [4.78, 5) is 16.7. The number of nitrogens with one attached hydrogen (secondary N) is 2. The Morgan fingerprint density at radius 3 is 2.50 bits per heavy atom. The second-order valence-corrected chi connectivity index (χ2v) is 6.72. The van der Waals surface area contributed by atoms with Crippen molar-refractivity contribution in [3.63, 3.8) is 0 Å². The van der Waals surface area contributed by atoms with Gasteiger partial charge in [-0.05, 0) is 49.7 Å². The van der Waals surface area contributed by atoms with Crippen molar-refractivity contribution in [3.05, 3.63) is 55.8 Å². The lowest BCUT2D eigenvalue weighted by atomic mass is 10.0. The minimum absolute atomic E-state index is 0.0957. The molecule has 0 atom stereocenters. The number of aromatic nitrogens is 2. The van der Waals surface area contributed by atoms with Crippen molar-refractivity contribution < 1.29 is 13.0 Å². The van der Waals surface area contributed by atoms with Crippen LogP contribution in [0.15, 0.2) is 34.2 Å². The first kappa shape index (κ1) is 19.8. The van der Waals surface area contributed by atoms with Crippen molar-refractivity contribution in [2.45, 2.75) is 20.3 Å². The van der Waals surface area contributed by atoms with E-state index in [-0.39, 0.29) is 22.4 Å². The number of rotatable bonds is 6. The molecule has 0 radical (unpaired) electrons. The van der Waals surface area contributed by atoms with Gasteiger partial charge in [0.15, 0.2) is 4.77 Å². The molecule has 0 fully saturated rings. The standard InChI is InChI=1S/C15H17N3O4S2/c1-3-10(11(4-2)7-8-24(20,21)22)5-6-13-12(9-16)14(19)18-15(23)17-13/h3-6H,7-8H2,1-2H3,(H,20,21,22)(H2,17,18,19,23)/b6-5+,10-3-,11-4-. The van der Waals surface area contributed by atoms with Gasteiger partial charge in [-0.1, -0.05) is 18.2 Å². The first-order valence-electron chi connectivity index (χ1n) is 6.93. The molecule has 3 N–H and O–H groups in total. The number of nitrogens with zero attached hydrogens (tertiary/aromatic N) is 1. The number of H-pyrrole nitrogens is 2. The van der Waals surface area contributed by atoms with Gasteiger partial charge in [-0.3, -0.25) is 14.3 Å². The van der Waals surface area contributed by atoms with Gasteiger partial charge in [-0.15, -0.1) is 0 Å². The fourth-order valence-corrected chi connectivity index (χ4v) is 2.68. The Balaban J connectivity index is 3.18. The molecular weight excluding hydrogens is 350 g/mol. The molecule has 0 amide bonds. The Hall–Kier alpha value is -2.28. The molecule has 0 aromatic carbocycles. The van der Waals surface area contributed by atoms with Crippen LogP contribution in [0.4, 0.5) is 0 Å². The molecule has 1 aromatic rings. The van der Waals surface area contributed by atoms with E-state index in [0.717, 1.165) is 0 Å². The summed E-state index contributed by atoms with van der Waals surface area (Å²) >= 11 is 4.88. The minimum atomic E-state index is -4.06. The summed E-state index contributed by atoms with van der Waals surface area (Å²) in [5.41, 5.74) is 0.976. The topological polar surface area (TPSA) is 127 Å². The maximum absolute atomic E-state index is 11.7. The summed E-state index contributed by atoms with van der Waals surface area (Å²) in [6, 6.07) is 1.80. The molecular formula is C15H17N3O4S2. The highest BCUT2D eigenvalue weighted by Gasteiger charge is 2.09. The van der Waals surface area contributed by atoms with Crippen molar-refractivity contribution in [1.82, 2.24) is 9.97 Å². The molecule has 0 aliphatic rings. The molecule has 1 rings (SSSR count). The summed E-state index contributed by atoms with van der Waals surface area (Å²) in [6.07, 6.45) is 6.78. The highest BCUT2D eigenvalue weighted by molar-refractivity contribution is 7.85. The lowest BCUT2D eigenvalue weighted by Gasteiger charge is -2.07. The van der Waals surface area contributed by atoms with Gasteiger partial charge in [-0.2, -0.15) is 13.7 Å². The van der Waals surface area contributed by atoms with Gasteiger partial charge in [0.2, 0.25) is 0 Å². The molecule has 0 saturated carbocycles. The van der Waals surface area contributed by atoms with Gasteiger partial charge in [0.05, 0.1) is 11.4 Å². The second kappa shape index (κ2) is 8.54. The molecule has 0 aliphatic heterocycles. The molecule has 9 heteroatoms. The van der Waals surface area contributed by atoms with E-state index >= 15 is 0 Å². The van der Waals surface area contributed by atoms with Gasteiger partial charge in [0, 0.05) is 0 Å². The zero-order valence-electron chi connectivity index (χ0n) is 13.2. The summed E-state index contributed by atoms with van der Waals surface area (Å²) in [5.74, 6) is -0.394. The van der Waals surface area contributed by atoms with Crippen LogP contribution < -0.4 is 5.56 Å². The van der Waals surface area contributed by atoms with E-state index in [0.29, 0.717) is 11.1 Å². The molecule has 24 heavy (non-hydrogen) atoms. The third-order valence-corrected chi connectivity index (χ3v) is 4.10. The highest BCUT2D eigenvalue weighted by atomic mass is 32.2. The van der Waals surface area contributed by atoms with Crippen LogP contribution >= 0.6 is 12.2 Å². The monoisotopic (exact) mass is 367 g/mol. The van der Waals surface area contributed by atoms with Crippen LogP contribution in [0, 0.1) is 16.1 Å². The van der Waals surface area contributed by atoms with Crippen molar-refractivity contribution in [1.29, 1.82) is 5.26 Å². The van der Waals surface area contributed by atoms with E-state index in [4.69, 9.17) is 22.0 Å². The van der Waals surface area contributed by atoms with Crippen LogP contribution in [0.5, 0.6) is 0 Å². The Bertz CT molecular complexity index is 958. The third-order valence-electron chi connectivity index (χ3n) is 3.17.